The number of H-pyrrole nitrogens is 1. The highest BCUT2D eigenvalue weighted by Crippen LogP contribution is 2.24. The van der Waals surface area contributed by atoms with Gasteiger partial charge in [0.25, 0.3) is 0 Å². The molecule has 0 aromatic carbocycles. The molecule has 15 heavy (non-hydrogen) atoms. The average molecular weight is 210 g/mol. The minimum absolute atomic E-state index is 0.191. The van der Waals surface area contributed by atoms with E-state index in [1.54, 1.807) is 6.92 Å². The Labute approximate surface area is 89.5 Å². The maximum Gasteiger partial charge on any atom is 0.352 e. The van der Waals surface area contributed by atoms with Gasteiger partial charge in [0.05, 0.1) is 0 Å². The van der Waals surface area contributed by atoms with Gasteiger partial charge in [-0.15, -0.1) is 0 Å². The molecule has 1 atom stereocenters. The number of carboxylic acids is 1. The molecule has 0 bridgehead atoms. The second kappa shape index (κ2) is 4.49. The van der Waals surface area contributed by atoms with Crippen molar-refractivity contribution in [2.24, 2.45) is 11.7 Å². The molecule has 1 heterocycles. The SMILES string of the molecule is Cc1cc(C(CN)C(C)C)[nH]c1C(=O)O. The molecule has 0 saturated carbocycles. The molecule has 84 valence electrons. The molecule has 1 aromatic heterocycles. The van der Waals surface area contributed by atoms with Gasteiger partial charge >= 0.3 is 5.97 Å². The predicted molar refractivity (Wildman–Crippen MR) is 59.1 cm³/mol. The average Bonchev–Trinajstić information content (AvgIpc) is 2.48. The Hall–Kier alpha value is -1.29. The van der Waals surface area contributed by atoms with Gasteiger partial charge < -0.3 is 15.8 Å². The normalized spacial score (nSPS) is 13.1. The van der Waals surface area contributed by atoms with Crippen LogP contribution in [0.3, 0.4) is 0 Å². The summed E-state index contributed by atoms with van der Waals surface area (Å²) in [6.45, 7) is 6.47. The lowest BCUT2D eigenvalue weighted by Gasteiger charge is -2.17. The molecule has 0 aliphatic heterocycles. The molecule has 0 amide bonds. The number of hydrogen-bond donors (Lipinski definition) is 3. The summed E-state index contributed by atoms with van der Waals surface area (Å²) < 4.78 is 0. The van der Waals surface area contributed by atoms with Crippen LogP contribution in [-0.2, 0) is 0 Å². The van der Waals surface area contributed by atoms with Crippen LogP contribution in [-0.4, -0.2) is 22.6 Å². The van der Waals surface area contributed by atoms with Crippen LogP contribution in [0.1, 0.15) is 41.5 Å². The molecule has 0 fully saturated rings. The fraction of sp³-hybridized carbons (Fsp3) is 0.545. The number of carboxylic acid groups (broad SMARTS) is 1. The standard InChI is InChI=1S/C11H18N2O2/c1-6(2)8(5-12)9-4-7(3)10(13-9)11(14)15/h4,6,8,13H,5,12H2,1-3H3,(H,14,15). The van der Waals surface area contributed by atoms with Crippen molar-refractivity contribution in [3.8, 4) is 0 Å². The van der Waals surface area contributed by atoms with E-state index in [-0.39, 0.29) is 11.6 Å². The maximum atomic E-state index is 10.9. The van der Waals surface area contributed by atoms with Crippen LogP contribution in [0.2, 0.25) is 0 Å². The predicted octanol–water partition coefficient (Wildman–Crippen LogP) is 1.72. The smallest absolute Gasteiger partial charge is 0.352 e. The minimum atomic E-state index is -0.918. The van der Waals surface area contributed by atoms with Crippen molar-refractivity contribution in [1.82, 2.24) is 4.98 Å². The Bertz CT molecular complexity index is 355. The van der Waals surface area contributed by atoms with Crippen LogP contribution in [0, 0.1) is 12.8 Å². The minimum Gasteiger partial charge on any atom is -0.477 e. The lowest BCUT2D eigenvalue weighted by molar-refractivity contribution is 0.0690. The van der Waals surface area contributed by atoms with Crippen molar-refractivity contribution in [3.05, 3.63) is 23.0 Å². The van der Waals surface area contributed by atoms with Crippen LogP contribution in [0.15, 0.2) is 6.07 Å². The van der Waals surface area contributed by atoms with Gasteiger partial charge in [0.2, 0.25) is 0 Å². The lowest BCUT2D eigenvalue weighted by atomic mass is 9.93. The van der Waals surface area contributed by atoms with Crippen molar-refractivity contribution < 1.29 is 9.90 Å². The van der Waals surface area contributed by atoms with E-state index >= 15 is 0 Å². The molecule has 4 nitrogen and oxygen atoms in total. The molecule has 0 radical (unpaired) electrons. The molecular weight excluding hydrogens is 192 g/mol. The second-order valence-corrected chi connectivity index (χ2v) is 4.17. The van der Waals surface area contributed by atoms with Crippen LogP contribution in [0.25, 0.3) is 0 Å². The van der Waals surface area contributed by atoms with Gasteiger partial charge in [-0.2, -0.15) is 0 Å². The summed E-state index contributed by atoms with van der Waals surface area (Å²) in [5.74, 6) is -0.329. The van der Waals surface area contributed by atoms with Crippen molar-refractivity contribution in [3.63, 3.8) is 0 Å². The topological polar surface area (TPSA) is 79.1 Å². The van der Waals surface area contributed by atoms with Crippen molar-refractivity contribution in [1.29, 1.82) is 0 Å². The Morgan fingerprint density at radius 3 is 2.53 bits per heavy atom. The van der Waals surface area contributed by atoms with Crippen LogP contribution in [0.5, 0.6) is 0 Å². The number of rotatable bonds is 4. The van der Waals surface area contributed by atoms with E-state index in [2.05, 4.69) is 18.8 Å². The molecule has 1 aromatic rings. The second-order valence-electron chi connectivity index (χ2n) is 4.17. The third kappa shape index (κ3) is 2.39. The maximum absolute atomic E-state index is 10.9. The third-order valence-corrected chi connectivity index (χ3v) is 2.71. The Kier molecular flexibility index (Phi) is 3.52. The zero-order chi connectivity index (χ0) is 11.6. The van der Waals surface area contributed by atoms with E-state index in [1.807, 2.05) is 6.07 Å². The van der Waals surface area contributed by atoms with E-state index in [0.717, 1.165) is 11.3 Å². The molecule has 1 rings (SSSR count). The number of nitrogens with one attached hydrogen (secondary N) is 1. The highest BCUT2D eigenvalue weighted by atomic mass is 16.4. The largest absolute Gasteiger partial charge is 0.477 e. The van der Waals surface area contributed by atoms with Gasteiger partial charge in [-0.1, -0.05) is 13.8 Å². The third-order valence-electron chi connectivity index (χ3n) is 2.71. The first-order valence-corrected chi connectivity index (χ1v) is 5.10. The molecule has 0 aliphatic carbocycles. The van der Waals surface area contributed by atoms with E-state index in [1.165, 1.54) is 0 Å². The Morgan fingerprint density at radius 2 is 2.20 bits per heavy atom. The van der Waals surface area contributed by atoms with Gasteiger partial charge in [0.1, 0.15) is 5.69 Å². The van der Waals surface area contributed by atoms with Crippen molar-refractivity contribution in [2.75, 3.05) is 6.54 Å². The van der Waals surface area contributed by atoms with Gasteiger partial charge in [0.15, 0.2) is 0 Å². The number of nitrogens with two attached hydrogens (primary N) is 1. The molecule has 1 unspecified atom stereocenters. The Balaban J connectivity index is 3.05. The molecule has 0 spiro atoms. The van der Waals surface area contributed by atoms with Crippen LogP contribution < -0.4 is 5.73 Å². The number of aryl methyl sites for hydroxylation is 1. The Morgan fingerprint density at radius 1 is 1.60 bits per heavy atom. The number of hydrogen-bond acceptors (Lipinski definition) is 2. The molecule has 4 N–H and O–H groups in total. The molecule has 0 aliphatic rings. The molecule has 4 heteroatoms. The zero-order valence-corrected chi connectivity index (χ0v) is 9.37. The van der Waals surface area contributed by atoms with Crippen LogP contribution in [0.4, 0.5) is 0 Å². The fourth-order valence-corrected chi connectivity index (χ4v) is 1.76. The first-order chi connectivity index (χ1) is 6.97. The van der Waals surface area contributed by atoms with Crippen molar-refractivity contribution in [2.45, 2.75) is 26.7 Å². The lowest BCUT2D eigenvalue weighted by Crippen LogP contribution is -2.18. The highest BCUT2D eigenvalue weighted by molar-refractivity contribution is 5.87. The number of carbonyl (C=O) groups is 1. The summed E-state index contributed by atoms with van der Waals surface area (Å²) in [6.07, 6.45) is 0. The summed E-state index contributed by atoms with van der Waals surface area (Å²) in [7, 11) is 0. The van der Waals surface area contributed by atoms with Gasteiger partial charge in [-0.25, -0.2) is 4.79 Å². The van der Waals surface area contributed by atoms with Crippen LogP contribution >= 0.6 is 0 Å². The van der Waals surface area contributed by atoms with Gasteiger partial charge in [0, 0.05) is 18.2 Å². The zero-order valence-electron chi connectivity index (χ0n) is 9.37. The summed E-state index contributed by atoms with van der Waals surface area (Å²) in [5.41, 5.74) is 7.62. The number of aromatic amines is 1. The monoisotopic (exact) mass is 210 g/mol. The quantitative estimate of drug-likeness (QED) is 0.708. The molecule has 0 saturated heterocycles. The molecular formula is C11H18N2O2. The first-order valence-electron chi connectivity index (χ1n) is 5.10. The summed E-state index contributed by atoms with van der Waals surface area (Å²) in [4.78, 5) is 13.8. The summed E-state index contributed by atoms with van der Waals surface area (Å²) in [6, 6.07) is 1.88. The summed E-state index contributed by atoms with van der Waals surface area (Å²) in [5, 5.41) is 8.91. The van der Waals surface area contributed by atoms with E-state index in [9.17, 15) is 4.79 Å². The van der Waals surface area contributed by atoms with Gasteiger partial charge in [-0.3, -0.25) is 0 Å². The first kappa shape index (κ1) is 11.8. The number of aromatic nitrogens is 1. The highest BCUT2D eigenvalue weighted by Gasteiger charge is 2.19. The summed E-state index contributed by atoms with van der Waals surface area (Å²) >= 11 is 0. The van der Waals surface area contributed by atoms with E-state index in [4.69, 9.17) is 10.8 Å². The number of aromatic carboxylic acids is 1. The fourth-order valence-electron chi connectivity index (χ4n) is 1.76. The van der Waals surface area contributed by atoms with Crippen molar-refractivity contribution >= 4 is 5.97 Å². The van der Waals surface area contributed by atoms with E-state index < -0.39 is 5.97 Å². The van der Waals surface area contributed by atoms with E-state index in [0.29, 0.717) is 12.5 Å². The van der Waals surface area contributed by atoms with Gasteiger partial charge in [-0.05, 0) is 24.5 Å².